The number of benzene rings is 1. The van der Waals surface area contributed by atoms with Gasteiger partial charge in [-0.15, -0.1) is 0 Å². The third-order valence-corrected chi connectivity index (χ3v) is 4.12. The monoisotopic (exact) mass is 269 g/mol. The van der Waals surface area contributed by atoms with Gasteiger partial charge in [-0.25, -0.2) is 4.39 Å². The maximum absolute atomic E-state index is 13.7. The van der Waals surface area contributed by atoms with Gasteiger partial charge in [-0.2, -0.15) is 0 Å². The number of hydrogen-bond acceptors (Lipinski definition) is 0. The average molecular weight is 270 g/mol. The molecule has 2 rings (SSSR count). The van der Waals surface area contributed by atoms with Gasteiger partial charge in [0.25, 0.3) is 0 Å². The Morgan fingerprint density at radius 2 is 2.13 bits per heavy atom. The summed E-state index contributed by atoms with van der Waals surface area (Å²) in [5.74, 6) is -0.155. The molecule has 1 N–H and O–H groups in total. The lowest BCUT2D eigenvalue weighted by Gasteiger charge is -2.21. The Hall–Kier alpha value is -0.830. The van der Waals surface area contributed by atoms with Gasteiger partial charge in [0.05, 0.1) is 0 Å². The third-order valence-electron chi connectivity index (χ3n) is 2.72. The summed E-state index contributed by atoms with van der Waals surface area (Å²) in [4.78, 5) is 3.11. The maximum atomic E-state index is 13.7. The lowest BCUT2D eigenvalue weighted by Crippen LogP contribution is -2.18. The van der Waals surface area contributed by atoms with Crippen molar-refractivity contribution in [1.82, 2.24) is 4.98 Å². The minimum absolute atomic E-state index is 0.0690. The Morgan fingerprint density at radius 3 is 2.80 bits per heavy atom. The van der Waals surface area contributed by atoms with Crippen LogP contribution in [-0.2, 0) is 5.41 Å². The predicted octanol–water partition coefficient (Wildman–Crippen LogP) is 3.98. The number of rotatable bonds is 2. The van der Waals surface area contributed by atoms with E-state index in [1.54, 1.807) is 6.07 Å². The molecule has 0 aliphatic rings. The number of aromatic amines is 1. The minimum Gasteiger partial charge on any atom is -0.361 e. The first kappa shape index (κ1) is 10.7. The van der Waals surface area contributed by atoms with Gasteiger partial charge in [-0.1, -0.05) is 35.8 Å². The number of fused-ring (bicyclic) bond motifs is 1. The molecular weight excluding hydrogens is 257 g/mol. The van der Waals surface area contributed by atoms with Gasteiger partial charge in [-0.05, 0) is 17.7 Å². The SMILES string of the molecule is CC(C)(CBr)c1c[nH]c2cccc(F)c12. The second-order valence-corrected chi connectivity index (χ2v) is 4.94. The highest BCUT2D eigenvalue weighted by atomic mass is 79.9. The summed E-state index contributed by atoms with van der Waals surface area (Å²) in [7, 11) is 0. The van der Waals surface area contributed by atoms with Crippen molar-refractivity contribution in [3.8, 4) is 0 Å². The number of aromatic nitrogens is 1. The molecule has 1 heterocycles. The molecule has 0 amide bonds. The van der Waals surface area contributed by atoms with Gasteiger partial charge in [0, 0.05) is 27.8 Å². The number of hydrogen-bond donors (Lipinski definition) is 1. The van der Waals surface area contributed by atoms with Crippen molar-refractivity contribution in [2.24, 2.45) is 0 Å². The zero-order chi connectivity index (χ0) is 11.1. The molecule has 0 aliphatic carbocycles. The van der Waals surface area contributed by atoms with Crippen LogP contribution in [0.2, 0.25) is 0 Å². The van der Waals surface area contributed by atoms with Gasteiger partial charge in [0.2, 0.25) is 0 Å². The van der Waals surface area contributed by atoms with Crippen molar-refractivity contribution < 1.29 is 4.39 Å². The summed E-state index contributed by atoms with van der Waals surface area (Å²) in [6.07, 6.45) is 1.90. The fraction of sp³-hybridized carbons (Fsp3) is 0.333. The van der Waals surface area contributed by atoms with Crippen LogP contribution >= 0.6 is 15.9 Å². The maximum Gasteiger partial charge on any atom is 0.132 e. The minimum atomic E-state index is -0.155. The number of halogens is 2. The lowest BCUT2D eigenvalue weighted by atomic mass is 9.87. The van der Waals surface area contributed by atoms with E-state index in [2.05, 4.69) is 34.8 Å². The molecule has 0 saturated carbocycles. The van der Waals surface area contributed by atoms with Crippen molar-refractivity contribution >= 4 is 26.8 Å². The van der Waals surface area contributed by atoms with Crippen LogP contribution in [-0.4, -0.2) is 10.3 Å². The van der Waals surface area contributed by atoms with Gasteiger partial charge in [0.1, 0.15) is 5.82 Å². The van der Waals surface area contributed by atoms with Crippen LogP contribution in [0.25, 0.3) is 10.9 Å². The van der Waals surface area contributed by atoms with Crippen LogP contribution in [0.3, 0.4) is 0 Å². The zero-order valence-electron chi connectivity index (χ0n) is 8.77. The smallest absolute Gasteiger partial charge is 0.132 e. The van der Waals surface area contributed by atoms with E-state index in [0.29, 0.717) is 5.39 Å². The fourth-order valence-electron chi connectivity index (χ4n) is 1.75. The highest BCUT2D eigenvalue weighted by Crippen LogP contribution is 2.33. The van der Waals surface area contributed by atoms with E-state index in [1.165, 1.54) is 6.07 Å². The Kier molecular flexibility index (Phi) is 2.59. The van der Waals surface area contributed by atoms with Crippen molar-refractivity contribution in [3.63, 3.8) is 0 Å². The van der Waals surface area contributed by atoms with Crippen LogP contribution in [0, 0.1) is 5.82 Å². The first-order valence-electron chi connectivity index (χ1n) is 4.88. The second kappa shape index (κ2) is 3.63. The number of alkyl halides is 1. The molecule has 15 heavy (non-hydrogen) atoms. The first-order chi connectivity index (χ1) is 7.06. The lowest BCUT2D eigenvalue weighted by molar-refractivity contribution is 0.600. The molecule has 80 valence electrons. The Balaban J connectivity index is 2.73. The molecule has 2 aromatic rings. The normalized spacial score (nSPS) is 12.3. The molecule has 3 heteroatoms. The van der Waals surface area contributed by atoms with Crippen LogP contribution in [0.4, 0.5) is 4.39 Å². The molecule has 0 unspecified atom stereocenters. The Morgan fingerprint density at radius 1 is 1.40 bits per heavy atom. The molecular formula is C12H13BrFN. The summed E-state index contributed by atoms with van der Waals surface area (Å²) in [5.41, 5.74) is 1.81. The quantitative estimate of drug-likeness (QED) is 0.794. The van der Waals surface area contributed by atoms with E-state index in [-0.39, 0.29) is 11.2 Å². The summed E-state index contributed by atoms with van der Waals surface area (Å²) >= 11 is 3.47. The van der Waals surface area contributed by atoms with Gasteiger partial charge >= 0.3 is 0 Å². The Labute approximate surface area is 96.8 Å². The molecule has 0 spiro atoms. The topological polar surface area (TPSA) is 15.8 Å². The highest BCUT2D eigenvalue weighted by molar-refractivity contribution is 9.09. The molecule has 1 nitrogen and oxygen atoms in total. The van der Waals surface area contributed by atoms with Crippen LogP contribution in [0.15, 0.2) is 24.4 Å². The summed E-state index contributed by atoms with van der Waals surface area (Å²) in [6.45, 7) is 4.19. The number of H-pyrrole nitrogens is 1. The molecule has 0 fully saturated rings. The van der Waals surface area contributed by atoms with E-state index in [4.69, 9.17) is 0 Å². The van der Waals surface area contributed by atoms with E-state index in [0.717, 1.165) is 16.4 Å². The fourth-order valence-corrected chi connectivity index (χ4v) is 2.05. The molecule has 1 aromatic heterocycles. The van der Waals surface area contributed by atoms with Crippen molar-refractivity contribution in [2.75, 3.05) is 5.33 Å². The molecule has 0 aliphatic heterocycles. The van der Waals surface area contributed by atoms with E-state index in [1.807, 2.05) is 12.3 Å². The molecule has 0 radical (unpaired) electrons. The molecule has 0 saturated heterocycles. The van der Waals surface area contributed by atoms with E-state index >= 15 is 0 Å². The largest absolute Gasteiger partial charge is 0.361 e. The van der Waals surface area contributed by atoms with Crippen molar-refractivity contribution in [3.05, 3.63) is 35.8 Å². The first-order valence-corrected chi connectivity index (χ1v) is 6.00. The Bertz CT molecular complexity index is 487. The molecule has 0 bridgehead atoms. The highest BCUT2D eigenvalue weighted by Gasteiger charge is 2.24. The van der Waals surface area contributed by atoms with Gasteiger partial charge < -0.3 is 4.98 Å². The standard InChI is InChI=1S/C12H13BrFN/c1-12(2,7-13)8-6-15-10-5-3-4-9(14)11(8)10/h3-6,15H,7H2,1-2H3. The zero-order valence-corrected chi connectivity index (χ0v) is 10.4. The second-order valence-electron chi connectivity index (χ2n) is 4.38. The predicted molar refractivity (Wildman–Crippen MR) is 65.1 cm³/mol. The molecule has 0 atom stereocenters. The van der Waals surface area contributed by atoms with Gasteiger partial charge in [0.15, 0.2) is 0 Å². The third kappa shape index (κ3) is 1.69. The van der Waals surface area contributed by atoms with Crippen LogP contribution < -0.4 is 0 Å². The van der Waals surface area contributed by atoms with Crippen molar-refractivity contribution in [2.45, 2.75) is 19.3 Å². The average Bonchev–Trinajstić information content (AvgIpc) is 2.63. The summed E-state index contributed by atoms with van der Waals surface area (Å²) < 4.78 is 13.7. The van der Waals surface area contributed by atoms with Gasteiger partial charge in [-0.3, -0.25) is 0 Å². The van der Waals surface area contributed by atoms with Crippen LogP contribution in [0.1, 0.15) is 19.4 Å². The van der Waals surface area contributed by atoms with Crippen molar-refractivity contribution in [1.29, 1.82) is 0 Å². The van der Waals surface area contributed by atoms with Crippen LogP contribution in [0.5, 0.6) is 0 Å². The van der Waals surface area contributed by atoms with E-state index < -0.39 is 0 Å². The summed E-state index contributed by atoms with van der Waals surface area (Å²) in [6, 6.07) is 5.12. The number of nitrogens with one attached hydrogen (secondary N) is 1. The van der Waals surface area contributed by atoms with E-state index in [9.17, 15) is 4.39 Å². The summed E-state index contributed by atoms with van der Waals surface area (Å²) in [5, 5.41) is 1.52. The molecule has 1 aromatic carbocycles.